The van der Waals surface area contributed by atoms with Gasteiger partial charge in [0.05, 0.1) is 39.7 Å². The van der Waals surface area contributed by atoms with Crippen molar-refractivity contribution in [1.82, 2.24) is 18.7 Å². The second-order valence-corrected chi connectivity index (χ2v) is 39.4. The quantitative estimate of drug-likeness (QED) is 0.0960. The number of rotatable bonds is 15. The van der Waals surface area contributed by atoms with Crippen molar-refractivity contribution in [3.63, 3.8) is 0 Å². The molecule has 0 bridgehead atoms. The van der Waals surface area contributed by atoms with Gasteiger partial charge < -0.3 is 28.4 Å². The van der Waals surface area contributed by atoms with Gasteiger partial charge in [-0.05, 0) is 306 Å². The van der Waals surface area contributed by atoms with Crippen LogP contribution in [-0.4, -0.2) is 18.7 Å². The van der Waals surface area contributed by atoms with E-state index in [2.05, 4.69) is 504 Å². The van der Waals surface area contributed by atoms with Crippen LogP contribution in [0.1, 0.15) is 74.9 Å². The molecule has 27 rings (SSSR count). The lowest BCUT2D eigenvalue weighted by atomic mass is 9.82. The highest BCUT2D eigenvalue weighted by molar-refractivity contribution is 6.14. The first kappa shape index (κ1) is 87.3. The number of anilines is 9. The highest BCUT2D eigenvalue weighted by Gasteiger charge is 2.40. The number of aromatic nitrogens is 4. The predicted octanol–water partition coefficient (Wildman–Crippen LogP) is 36.8. The Labute approximate surface area is 838 Å². The third-order valence-electron chi connectivity index (χ3n) is 30.2. The molecule has 0 saturated carbocycles. The van der Waals surface area contributed by atoms with Crippen LogP contribution >= 0.6 is 0 Å². The number of hydrogen-bond acceptors (Lipinski definition) is 4. The minimum Gasteiger partial charge on any atom is -0.310 e. The van der Waals surface area contributed by atoms with Crippen LogP contribution in [0.5, 0.6) is 0 Å². The van der Waals surface area contributed by atoms with Crippen LogP contribution in [0.15, 0.2) is 492 Å². The normalized spacial score (nSPS) is 13.0. The van der Waals surface area contributed by atoms with Gasteiger partial charge in [0.25, 0.3) is 0 Å². The van der Waals surface area contributed by atoms with E-state index in [4.69, 9.17) is 6.57 Å². The molecule has 0 spiro atoms. The molecule has 0 unspecified atom stereocenters. The molecule has 144 heavy (non-hydrogen) atoms. The van der Waals surface area contributed by atoms with Crippen LogP contribution in [0.4, 0.5) is 61.3 Å². The van der Waals surface area contributed by atoms with Gasteiger partial charge in [-0.3, -0.25) is 4.98 Å². The fraction of sp³-hybridized carbons (Fsp3) is 0.0667. The first-order valence-corrected chi connectivity index (χ1v) is 49.4. The third-order valence-corrected chi connectivity index (χ3v) is 30.2. The average Bonchev–Trinajstić information content (AvgIpc) is 1.44. The van der Waals surface area contributed by atoms with Crippen molar-refractivity contribution in [3.05, 3.63) is 542 Å². The Balaban J connectivity index is 0.000000113. The molecular weight excluding hydrogens is 1750 g/mol. The topological polar surface area (TPSA) is 41.8 Å². The van der Waals surface area contributed by atoms with Crippen molar-refractivity contribution in [1.29, 1.82) is 0 Å². The summed E-state index contributed by atoms with van der Waals surface area (Å²) in [5.41, 5.74) is 43.4. The van der Waals surface area contributed by atoms with Crippen molar-refractivity contribution in [2.24, 2.45) is 0 Å². The second-order valence-electron chi connectivity index (χ2n) is 39.4. The van der Waals surface area contributed by atoms with Gasteiger partial charge in [0, 0.05) is 129 Å². The number of fused-ring (bicyclic) bond motifs is 18. The summed E-state index contributed by atoms with van der Waals surface area (Å²) in [4.78, 5) is 14.9. The zero-order valence-electron chi connectivity index (χ0n) is 80.7. The van der Waals surface area contributed by atoms with Gasteiger partial charge in [0.2, 0.25) is 0 Å². The highest BCUT2D eigenvalue weighted by Crippen LogP contribution is 2.56. The lowest BCUT2D eigenvalue weighted by Crippen LogP contribution is -2.16. The fourth-order valence-corrected chi connectivity index (χ4v) is 23.0. The van der Waals surface area contributed by atoms with E-state index in [9.17, 15) is 4.39 Å². The second kappa shape index (κ2) is 35.3. The molecule has 8 nitrogen and oxygen atoms in total. The van der Waals surface area contributed by atoms with Gasteiger partial charge in [0.15, 0.2) is 5.69 Å². The molecule has 0 fully saturated rings. The van der Waals surface area contributed by atoms with Crippen LogP contribution in [0, 0.1) is 12.4 Å². The maximum atomic E-state index is 14.2. The van der Waals surface area contributed by atoms with Crippen molar-refractivity contribution in [2.75, 3.05) is 14.7 Å². The van der Waals surface area contributed by atoms with E-state index in [1.807, 2.05) is 54.9 Å². The number of benzene rings is 20. The summed E-state index contributed by atoms with van der Waals surface area (Å²) in [7, 11) is 0. The Morgan fingerprint density at radius 1 is 0.215 bits per heavy atom. The van der Waals surface area contributed by atoms with E-state index >= 15 is 0 Å². The minimum atomic E-state index is -0.249. The summed E-state index contributed by atoms with van der Waals surface area (Å²) in [6.45, 7) is 21.4. The van der Waals surface area contributed by atoms with E-state index in [1.54, 1.807) is 12.1 Å². The first-order valence-electron chi connectivity index (χ1n) is 49.4. The monoisotopic (exact) mass is 1850 g/mol. The predicted molar refractivity (Wildman–Crippen MR) is 599 cm³/mol. The van der Waals surface area contributed by atoms with E-state index in [0.717, 1.165) is 101 Å². The molecule has 4 heterocycles. The van der Waals surface area contributed by atoms with Gasteiger partial charge in [-0.1, -0.05) is 315 Å². The lowest BCUT2D eigenvalue weighted by molar-refractivity contribution is 0.628. The molecule has 686 valence electrons. The van der Waals surface area contributed by atoms with E-state index in [1.165, 1.54) is 133 Å². The van der Waals surface area contributed by atoms with Crippen LogP contribution in [0.3, 0.4) is 0 Å². The van der Waals surface area contributed by atoms with E-state index < -0.39 is 0 Å². The minimum absolute atomic E-state index is 0.0914. The zero-order valence-corrected chi connectivity index (χ0v) is 80.7. The Morgan fingerprint density at radius 2 is 0.465 bits per heavy atom. The van der Waals surface area contributed by atoms with Gasteiger partial charge >= 0.3 is 0 Å². The van der Waals surface area contributed by atoms with Crippen LogP contribution in [0.2, 0.25) is 0 Å². The number of halogens is 1. The van der Waals surface area contributed by atoms with E-state index in [0.29, 0.717) is 5.69 Å². The fourth-order valence-electron chi connectivity index (χ4n) is 23.0. The molecule has 0 radical (unpaired) electrons. The number of nitrogens with zero attached hydrogens (tertiary/aromatic N) is 8. The Bertz CT molecular complexity index is 9150. The zero-order chi connectivity index (χ0) is 97.1. The molecule has 9 heteroatoms. The standard InChI is InChI=1S/C46H33N3.C45H33FN2.C44H33N3/c1-46(2)42-15-9-7-13-38(42)39-27-25-37(30-43(39)46)48(34-21-17-32(18-22-34)31-11-5-4-6-12-31)36-26-28-45-41(29-36)40-14-8-10-16-44(40)49(45)35-23-19-33(47-3)20-24-35;1-45(2)41-14-8-6-12-37(41)38-26-24-36(29-42(38)45)47(33-22-18-32(46)19-23-33)35-25-27-44-40(28-35)39-13-7-9-15-43(39)48(44)34-20-16-31(17-21-34)30-10-4-3-5-11-30;1-44(2)40-14-8-6-12-36(40)37-22-20-35(29-41(37)44)46(33-18-16-30(17-19-33)31-24-26-45-27-25-31)34-21-23-43-39(28-34)38-13-7-9-15-42(38)47(43)32-10-4-3-5-11-32/h4-30H,1-2H3;3-29H,1-2H3;3-29H,1-2H3. The number of pyridine rings is 1. The Kier molecular flexibility index (Phi) is 21.4. The molecule has 0 aliphatic heterocycles. The molecule has 0 N–H and O–H groups in total. The van der Waals surface area contributed by atoms with Gasteiger partial charge in [-0.15, -0.1) is 0 Å². The molecular formula is C135H99FN8. The van der Waals surface area contributed by atoms with Crippen molar-refractivity contribution >= 4 is 122 Å². The summed E-state index contributed by atoms with van der Waals surface area (Å²) in [5, 5.41) is 7.20. The van der Waals surface area contributed by atoms with Crippen molar-refractivity contribution < 1.29 is 4.39 Å². The maximum absolute atomic E-state index is 14.2. The summed E-state index contributed by atoms with van der Waals surface area (Å²) >= 11 is 0. The van der Waals surface area contributed by atoms with Crippen LogP contribution in [0.25, 0.3) is 154 Å². The molecule has 4 aromatic heterocycles. The summed E-state index contributed by atoms with van der Waals surface area (Å²) < 4.78 is 21.3. The molecule has 3 aliphatic carbocycles. The molecule has 0 saturated heterocycles. The van der Waals surface area contributed by atoms with Crippen LogP contribution in [-0.2, 0) is 16.2 Å². The molecule has 3 aliphatic rings. The Hall–Kier alpha value is -18.2. The molecule has 20 aromatic carbocycles. The Morgan fingerprint density at radius 3 is 0.819 bits per heavy atom. The van der Waals surface area contributed by atoms with Gasteiger partial charge in [0.1, 0.15) is 5.82 Å². The van der Waals surface area contributed by atoms with E-state index in [-0.39, 0.29) is 22.1 Å². The molecule has 24 aromatic rings. The van der Waals surface area contributed by atoms with Gasteiger partial charge in [-0.25, -0.2) is 9.24 Å². The SMILES string of the molecule is CC1(C)c2ccccc2-c2ccc(N(c3ccc(-c4ccncc4)cc3)c3ccc4c(c3)c3ccccc3n4-c3ccccc3)cc21.CC1(C)c2ccccc2-c2ccc(N(c3ccc(F)cc3)c3ccc4c(c3)c3ccccc3n4-c3ccc(-c4ccccc4)cc3)cc21.[C-]#[N+]c1ccc(-n2c3ccccc3c3cc(N(c4ccc(-c5ccccc5)cc4)c4ccc5c(c4)C(C)(C)c4ccccc4-5)ccc32)cc1. The molecule has 0 atom stereocenters. The lowest BCUT2D eigenvalue weighted by Gasteiger charge is -2.28. The summed E-state index contributed by atoms with van der Waals surface area (Å²) in [6, 6.07) is 171. The number of para-hydroxylation sites is 4. The van der Waals surface area contributed by atoms with Crippen molar-refractivity contribution in [2.45, 2.75) is 57.8 Å². The average molecular weight is 1850 g/mol. The van der Waals surface area contributed by atoms with Gasteiger partial charge in [-0.2, -0.15) is 0 Å². The summed E-state index contributed by atoms with van der Waals surface area (Å²) in [5.74, 6) is -0.249. The maximum Gasteiger partial charge on any atom is 0.187 e. The smallest absolute Gasteiger partial charge is 0.187 e. The number of hydrogen-bond donors (Lipinski definition) is 0. The van der Waals surface area contributed by atoms with Crippen LogP contribution < -0.4 is 14.7 Å². The van der Waals surface area contributed by atoms with Crippen molar-refractivity contribution in [3.8, 4) is 83.8 Å². The highest BCUT2D eigenvalue weighted by atomic mass is 19.1. The third kappa shape index (κ3) is 14.9. The first-order chi connectivity index (χ1) is 70.6. The largest absolute Gasteiger partial charge is 0.310 e. The summed E-state index contributed by atoms with van der Waals surface area (Å²) in [6.07, 6.45) is 3.70. The molecule has 0 amide bonds.